The molecule has 0 fully saturated rings. The zero-order valence-electron chi connectivity index (χ0n) is 13.2. The average molecular weight is 302 g/mol. The fourth-order valence-corrected chi connectivity index (χ4v) is 3.30. The summed E-state index contributed by atoms with van der Waals surface area (Å²) in [7, 11) is 0. The highest BCUT2D eigenvalue weighted by molar-refractivity contribution is 5.93. The normalized spacial score (nSPS) is 21.3. The second-order valence-corrected chi connectivity index (χ2v) is 6.19. The first kappa shape index (κ1) is 16.1. The number of hydrogen-bond donors (Lipinski definition) is 3. The van der Waals surface area contributed by atoms with Gasteiger partial charge in [0.1, 0.15) is 17.1 Å². The second kappa shape index (κ2) is 5.87. The van der Waals surface area contributed by atoms with Crippen LogP contribution in [0, 0.1) is 12.8 Å². The molecule has 0 saturated carbocycles. The van der Waals surface area contributed by atoms with Gasteiger partial charge in [-0.05, 0) is 51.2 Å². The molecule has 2 atom stereocenters. The van der Waals surface area contributed by atoms with Crippen LogP contribution in [0.25, 0.3) is 0 Å². The highest BCUT2D eigenvalue weighted by Crippen LogP contribution is 2.47. The fourth-order valence-electron chi connectivity index (χ4n) is 3.30. The largest absolute Gasteiger partial charge is 0.507 e. The number of aryl methyl sites for hydroxylation is 1. The number of allylic oxidation sites excluding steroid dienone is 3. The van der Waals surface area contributed by atoms with E-state index in [0.29, 0.717) is 5.56 Å². The molecule has 22 heavy (non-hydrogen) atoms. The molecule has 1 aromatic carbocycles. The van der Waals surface area contributed by atoms with Crippen LogP contribution < -0.4 is 0 Å². The number of phenolic OH excluding ortho intramolecular Hbond substituents is 1. The van der Waals surface area contributed by atoms with Crippen LogP contribution >= 0.6 is 0 Å². The zero-order chi connectivity index (χ0) is 16.6. The van der Waals surface area contributed by atoms with E-state index in [2.05, 4.69) is 6.58 Å². The Balaban J connectivity index is 2.69. The molecule has 118 valence electrons. The van der Waals surface area contributed by atoms with Crippen LogP contribution in [-0.4, -0.2) is 21.3 Å². The van der Waals surface area contributed by atoms with Gasteiger partial charge >= 0.3 is 5.97 Å². The highest BCUT2D eigenvalue weighted by atomic mass is 16.4. The summed E-state index contributed by atoms with van der Waals surface area (Å²) in [6.07, 6.45) is 3.81. The molecule has 0 spiro atoms. The van der Waals surface area contributed by atoms with Crippen molar-refractivity contribution in [1.29, 1.82) is 0 Å². The SMILES string of the molecule is C=C(C)C1CCC(C)=C[C@H]1c1c(O)cc(C)c(C(=O)O)c1O. The van der Waals surface area contributed by atoms with Gasteiger partial charge in [-0.25, -0.2) is 4.79 Å². The number of aromatic hydroxyl groups is 2. The van der Waals surface area contributed by atoms with Crippen molar-refractivity contribution in [3.8, 4) is 11.5 Å². The van der Waals surface area contributed by atoms with Gasteiger partial charge in [0.2, 0.25) is 0 Å². The number of carboxylic acid groups (broad SMARTS) is 1. The maximum Gasteiger partial charge on any atom is 0.339 e. The molecular formula is C18H22O4. The van der Waals surface area contributed by atoms with Crippen LogP contribution in [0.1, 0.15) is 54.1 Å². The Morgan fingerprint density at radius 3 is 2.50 bits per heavy atom. The van der Waals surface area contributed by atoms with E-state index in [1.54, 1.807) is 6.92 Å². The van der Waals surface area contributed by atoms with Gasteiger partial charge in [0.15, 0.2) is 0 Å². The molecule has 4 nitrogen and oxygen atoms in total. The van der Waals surface area contributed by atoms with Crippen LogP contribution in [0.2, 0.25) is 0 Å². The lowest BCUT2D eigenvalue weighted by Gasteiger charge is -2.31. The Morgan fingerprint density at radius 2 is 1.95 bits per heavy atom. The van der Waals surface area contributed by atoms with E-state index in [4.69, 9.17) is 0 Å². The molecule has 2 rings (SSSR count). The third kappa shape index (κ3) is 2.73. The summed E-state index contributed by atoms with van der Waals surface area (Å²) in [6.45, 7) is 9.49. The van der Waals surface area contributed by atoms with Crippen molar-refractivity contribution in [1.82, 2.24) is 0 Å². The van der Waals surface area contributed by atoms with Gasteiger partial charge in [0.25, 0.3) is 0 Å². The summed E-state index contributed by atoms with van der Waals surface area (Å²) in [5, 5.41) is 30.1. The van der Waals surface area contributed by atoms with Gasteiger partial charge in [-0.2, -0.15) is 0 Å². The first-order chi connectivity index (χ1) is 10.2. The van der Waals surface area contributed by atoms with Gasteiger partial charge in [0.05, 0.1) is 0 Å². The molecule has 0 bridgehead atoms. The minimum absolute atomic E-state index is 0.0674. The summed E-state index contributed by atoms with van der Waals surface area (Å²) >= 11 is 0. The van der Waals surface area contributed by atoms with Crippen molar-refractivity contribution in [3.05, 3.63) is 46.6 Å². The van der Waals surface area contributed by atoms with Gasteiger partial charge in [-0.1, -0.05) is 23.8 Å². The second-order valence-electron chi connectivity index (χ2n) is 6.19. The summed E-state index contributed by atoms with van der Waals surface area (Å²) in [5.74, 6) is -1.79. The van der Waals surface area contributed by atoms with Crippen LogP contribution in [-0.2, 0) is 0 Å². The smallest absolute Gasteiger partial charge is 0.339 e. The Labute approximate surface area is 130 Å². The number of carbonyl (C=O) groups is 1. The molecule has 4 heteroatoms. The molecule has 0 amide bonds. The van der Waals surface area contributed by atoms with Crippen LogP contribution in [0.3, 0.4) is 0 Å². The van der Waals surface area contributed by atoms with E-state index in [1.165, 1.54) is 11.6 Å². The quantitative estimate of drug-likeness (QED) is 0.734. The molecule has 1 aromatic rings. The van der Waals surface area contributed by atoms with E-state index in [0.717, 1.165) is 18.4 Å². The highest BCUT2D eigenvalue weighted by Gasteiger charge is 2.32. The molecule has 0 heterocycles. The van der Waals surface area contributed by atoms with Gasteiger partial charge < -0.3 is 15.3 Å². The lowest BCUT2D eigenvalue weighted by atomic mass is 9.73. The van der Waals surface area contributed by atoms with Crippen molar-refractivity contribution < 1.29 is 20.1 Å². The zero-order valence-corrected chi connectivity index (χ0v) is 13.2. The van der Waals surface area contributed by atoms with Crippen molar-refractivity contribution in [2.75, 3.05) is 0 Å². The van der Waals surface area contributed by atoms with Crippen molar-refractivity contribution in [2.24, 2.45) is 5.92 Å². The predicted octanol–water partition coefficient (Wildman–Crippen LogP) is 4.12. The number of phenols is 2. The molecule has 0 aliphatic heterocycles. The number of aromatic carboxylic acids is 1. The van der Waals surface area contributed by atoms with E-state index in [-0.39, 0.29) is 34.5 Å². The monoisotopic (exact) mass is 302 g/mol. The Kier molecular flexibility index (Phi) is 4.31. The Bertz CT molecular complexity index is 670. The van der Waals surface area contributed by atoms with Crippen LogP contribution in [0.4, 0.5) is 0 Å². The van der Waals surface area contributed by atoms with E-state index in [1.807, 2.05) is 19.9 Å². The minimum atomic E-state index is -1.19. The maximum atomic E-state index is 11.4. The van der Waals surface area contributed by atoms with Gasteiger partial charge in [0, 0.05) is 11.5 Å². The Morgan fingerprint density at radius 1 is 1.32 bits per heavy atom. The van der Waals surface area contributed by atoms with E-state index < -0.39 is 5.97 Å². The van der Waals surface area contributed by atoms with Crippen LogP contribution in [0.15, 0.2) is 29.9 Å². The minimum Gasteiger partial charge on any atom is -0.507 e. The average Bonchev–Trinajstić information content (AvgIpc) is 2.36. The summed E-state index contributed by atoms with van der Waals surface area (Å²) in [4.78, 5) is 11.4. The summed E-state index contributed by atoms with van der Waals surface area (Å²) < 4.78 is 0. The molecule has 1 aliphatic carbocycles. The molecule has 1 unspecified atom stereocenters. The van der Waals surface area contributed by atoms with Gasteiger partial charge in [-0.3, -0.25) is 0 Å². The molecule has 0 saturated heterocycles. The topological polar surface area (TPSA) is 77.8 Å². The van der Waals surface area contributed by atoms with Crippen molar-refractivity contribution in [2.45, 2.75) is 39.5 Å². The number of carboxylic acids is 1. The fraction of sp³-hybridized carbons (Fsp3) is 0.389. The van der Waals surface area contributed by atoms with Crippen LogP contribution in [0.5, 0.6) is 11.5 Å². The molecular weight excluding hydrogens is 280 g/mol. The lowest BCUT2D eigenvalue weighted by Crippen LogP contribution is -2.18. The molecule has 1 aliphatic rings. The van der Waals surface area contributed by atoms with Gasteiger partial charge in [-0.15, -0.1) is 0 Å². The predicted molar refractivity (Wildman–Crippen MR) is 85.5 cm³/mol. The Hall–Kier alpha value is -2.23. The molecule has 0 radical (unpaired) electrons. The first-order valence-corrected chi connectivity index (χ1v) is 7.35. The third-order valence-corrected chi connectivity index (χ3v) is 4.44. The standard InChI is InChI=1S/C18H22O4/c1-9(2)12-6-5-10(3)7-13(12)16-14(19)8-11(4)15(17(16)20)18(21)22/h7-8,12-13,19-20H,1,5-6H2,2-4H3,(H,21,22)/t12?,13-/m1/s1. The molecule has 0 aromatic heterocycles. The van der Waals surface area contributed by atoms with E-state index >= 15 is 0 Å². The third-order valence-electron chi connectivity index (χ3n) is 4.44. The van der Waals surface area contributed by atoms with E-state index in [9.17, 15) is 20.1 Å². The first-order valence-electron chi connectivity index (χ1n) is 7.35. The summed E-state index contributed by atoms with van der Waals surface area (Å²) in [6, 6.07) is 1.41. The number of rotatable bonds is 3. The lowest BCUT2D eigenvalue weighted by molar-refractivity contribution is 0.0692. The van der Waals surface area contributed by atoms with Crippen molar-refractivity contribution in [3.63, 3.8) is 0 Å². The summed E-state index contributed by atoms with van der Waals surface area (Å²) in [5.41, 5.74) is 2.61. The maximum absolute atomic E-state index is 11.4. The number of benzene rings is 1. The number of hydrogen-bond acceptors (Lipinski definition) is 3. The van der Waals surface area contributed by atoms with Crippen molar-refractivity contribution >= 4 is 5.97 Å². The molecule has 3 N–H and O–H groups in total.